The van der Waals surface area contributed by atoms with Crippen LogP contribution in [0.3, 0.4) is 0 Å². The number of pyridine rings is 1. The first kappa shape index (κ1) is 39.5. The van der Waals surface area contributed by atoms with Crippen molar-refractivity contribution in [3.05, 3.63) is 42.2 Å². The van der Waals surface area contributed by atoms with Crippen LogP contribution in [0.2, 0.25) is 0 Å². The van der Waals surface area contributed by atoms with Gasteiger partial charge in [-0.25, -0.2) is 0 Å². The predicted molar refractivity (Wildman–Crippen MR) is 202 cm³/mol. The first-order chi connectivity index (χ1) is 23.2. The van der Waals surface area contributed by atoms with Crippen LogP contribution in [0, 0.1) is 62.1 Å². The number of carboxylic acid groups (broad SMARTS) is 1. The zero-order chi connectivity index (χ0) is 36.7. The summed E-state index contributed by atoms with van der Waals surface area (Å²) in [6.45, 7) is 24.3. The van der Waals surface area contributed by atoms with Crippen LogP contribution in [0.15, 0.2) is 36.5 Å². The number of aromatic nitrogens is 1. The lowest BCUT2D eigenvalue weighted by atomic mass is 9.32. The number of nitrogens with one attached hydrogen (secondary N) is 1. The molecule has 284 valence electrons. The Hall–Kier alpha value is -2.70. The molecule has 0 spiro atoms. The van der Waals surface area contributed by atoms with Crippen molar-refractivity contribution in [1.29, 1.82) is 0 Å². The fraction of sp³-hybridized carbons (Fsp3) is 0.773. The molecule has 11 atom stereocenters. The molecule has 5 unspecified atom stereocenters. The van der Waals surface area contributed by atoms with Crippen LogP contribution >= 0.6 is 0 Å². The third-order valence-corrected chi connectivity index (χ3v) is 16.4. The van der Waals surface area contributed by atoms with Crippen LogP contribution in [-0.4, -0.2) is 34.0 Å². The Kier molecular flexibility index (Phi) is 10.3. The van der Waals surface area contributed by atoms with E-state index in [4.69, 9.17) is 4.74 Å². The molecular formula is C44H68N2O5. The molecule has 5 aliphatic carbocycles. The second-order valence-corrected chi connectivity index (χ2v) is 19.5. The zero-order valence-corrected chi connectivity index (χ0v) is 32.4. The highest BCUT2D eigenvalue weighted by molar-refractivity contribution is 5.84. The molecule has 0 saturated heterocycles. The second-order valence-electron chi connectivity index (χ2n) is 19.5. The Morgan fingerprint density at radius 3 is 2.29 bits per heavy atom. The highest BCUT2D eigenvalue weighted by Gasteiger charge is 2.72. The summed E-state index contributed by atoms with van der Waals surface area (Å²) < 4.78 is 6.17. The van der Waals surface area contributed by atoms with Crippen molar-refractivity contribution in [2.45, 2.75) is 153 Å². The Morgan fingerprint density at radius 1 is 0.961 bits per heavy atom. The maximum atomic E-state index is 14.6. The van der Waals surface area contributed by atoms with Gasteiger partial charge < -0.3 is 15.2 Å². The van der Waals surface area contributed by atoms with E-state index >= 15 is 0 Å². The fourth-order valence-corrected chi connectivity index (χ4v) is 13.4. The maximum absolute atomic E-state index is 14.6. The van der Waals surface area contributed by atoms with Crippen LogP contribution < -0.4 is 5.32 Å². The largest absolute Gasteiger partial charge is 0.481 e. The number of esters is 1. The molecular weight excluding hydrogens is 636 g/mol. The molecule has 1 heterocycles. The number of nitrogens with zero attached hydrogens (tertiary/aromatic N) is 1. The molecule has 1 aromatic rings. The zero-order valence-electron chi connectivity index (χ0n) is 32.4. The van der Waals surface area contributed by atoms with E-state index in [1.54, 1.807) is 20.0 Å². The van der Waals surface area contributed by atoms with E-state index in [0.717, 1.165) is 63.5 Å². The van der Waals surface area contributed by atoms with Crippen LogP contribution in [0.25, 0.3) is 0 Å². The van der Waals surface area contributed by atoms with Crippen molar-refractivity contribution >= 4 is 17.8 Å². The van der Waals surface area contributed by atoms with E-state index in [2.05, 4.69) is 65.3 Å². The van der Waals surface area contributed by atoms with Gasteiger partial charge in [-0.15, -0.1) is 0 Å². The van der Waals surface area contributed by atoms with Gasteiger partial charge in [0.25, 0.3) is 0 Å². The molecule has 5 aliphatic rings. The van der Waals surface area contributed by atoms with Gasteiger partial charge in [-0.3, -0.25) is 19.4 Å². The number of hydrogen-bond donors (Lipinski definition) is 2. The lowest BCUT2D eigenvalue weighted by Crippen LogP contribution is -2.67. The van der Waals surface area contributed by atoms with Crippen molar-refractivity contribution in [3.8, 4) is 0 Å². The molecule has 0 bridgehead atoms. The third kappa shape index (κ3) is 5.99. The number of fused-ring (bicyclic) bond motifs is 7. The number of rotatable bonds is 8. The standard InChI is InChI=1S/C43H64N2O5.CH4/c1-26(2)28-16-21-43(36(47)45-27(3)30-13-11-12-24-44-30)23-22-41(9)29(35(28)43)14-15-32-40(8)19-18-33(50-34(46)25-38(4,5)37(48)49)39(6,7)31(40)17-20-42(32,41)10;/h11-13,24,27-29,31-33,35H,1,14-23,25H2,2-10H3,(H,45,47)(H,48,49);1H4/t27?,28-,29?,31?,32?,33-,35?,40-,41+,42+,43-;/m0./s1. The second kappa shape index (κ2) is 13.3. The molecule has 5 fully saturated rings. The smallest absolute Gasteiger partial charge is 0.309 e. The van der Waals surface area contributed by atoms with Gasteiger partial charge in [-0.1, -0.05) is 60.3 Å². The van der Waals surface area contributed by atoms with Crippen molar-refractivity contribution in [2.75, 3.05) is 0 Å². The number of carboxylic acids is 1. The molecule has 7 nitrogen and oxygen atoms in total. The Bertz CT molecular complexity index is 1520. The summed E-state index contributed by atoms with van der Waals surface area (Å²) in [6.07, 6.45) is 11.8. The molecule has 51 heavy (non-hydrogen) atoms. The monoisotopic (exact) mass is 705 g/mol. The van der Waals surface area contributed by atoms with Gasteiger partial charge in [0.2, 0.25) is 5.91 Å². The SMILES string of the molecule is C.C=C(C)[C@@H]1CC[C@]2(C(=O)NC(C)c3ccccn3)CC[C@]3(C)C(CCC4[C@@]5(C)CC[C@H](OC(=O)CC(C)(C)C(=O)O)C(C)(C)C5CC[C@]43C)C12. The van der Waals surface area contributed by atoms with Crippen molar-refractivity contribution in [3.63, 3.8) is 0 Å². The quantitative estimate of drug-likeness (QED) is 0.206. The average molecular weight is 705 g/mol. The summed E-state index contributed by atoms with van der Waals surface area (Å²) >= 11 is 0. The predicted octanol–water partition coefficient (Wildman–Crippen LogP) is 9.97. The first-order valence-electron chi connectivity index (χ1n) is 19.5. The Labute approximate surface area is 308 Å². The number of ether oxygens (including phenoxy) is 1. The summed E-state index contributed by atoms with van der Waals surface area (Å²) in [5, 5.41) is 13.1. The van der Waals surface area contributed by atoms with E-state index in [-0.39, 0.29) is 59.0 Å². The Balaban J connectivity index is 0.00000504. The summed E-state index contributed by atoms with van der Waals surface area (Å²) in [4.78, 5) is 43.9. The topological polar surface area (TPSA) is 106 Å². The summed E-state index contributed by atoms with van der Waals surface area (Å²) in [6, 6.07) is 5.77. The van der Waals surface area contributed by atoms with Gasteiger partial charge >= 0.3 is 11.9 Å². The molecule has 2 N–H and O–H groups in total. The lowest BCUT2D eigenvalue weighted by Gasteiger charge is -2.72. The Morgan fingerprint density at radius 2 is 1.67 bits per heavy atom. The molecule has 1 amide bonds. The summed E-state index contributed by atoms with van der Waals surface area (Å²) in [7, 11) is 0. The van der Waals surface area contributed by atoms with E-state index < -0.39 is 17.4 Å². The molecule has 6 rings (SSSR count). The normalized spacial score (nSPS) is 40.2. The highest BCUT2D eigenvalue weighted by atomic mass is 16.5. The van der Waals surface area contributed by atoms with Gasteiger partial charge in [0, 0.05) is 11.6 Å². The van der Waals surface area contributed by atoms with Gasteiger partial charge in [-0.2, -0.15) is 0 Å². The van der Waals surface area contributed by atoms with Crippen molar-refractivity contribution < 1.29 is 24.2 Å². The van der Waals surface area contributed by atoms with Gasteiger partial charge in [0.05, 0.1) is 29.0 Å². The van der Waals surface area contributed by atoms with Crippen LogP contribution in [0.5, 0.6) is 0 Å². The first-order valence-corrected chi connectivity index (χ1v) is 19.5. The minimum Gasteiger partial charge on any atom is -0.481 e. The summed E-state index contributed by atoms with van der Waals surface area (Å²) in [5.74, 6) is 0.900. The van der Waals surface area contributed by atoms with Crippen molar-refractivity contribution in [1.82, 2.24) is 10.3 Å². The highest BCUT2D eigenvalue weighted by Crippen LogP contribution is 2.77. The number of allylic oxidation sites excluding steroid dienone is 1. The van der Waals surface area contributed by atoms with Crippen LogP contribution in [0.4, 0.5) is 0 Å². The minimum atomic E-state index is -1.15. The molecule has 7 heteroatoms. The summed E-state index contributed by atoms with van der Waals surface area (Å²) in [5.41, 5.74) is 0.756. The van der Waals surface area contributed by atoms with E-state index in [9.17, 15) is 19.5 Å². The molecule has 0 aromatic carbocycles. The average Bonchev–Trinajstić information content (AvgIpc) is 3.44. The maximum Gasteiger partial charge on any atom is 0.309 e. The molecule has 0 aliphatic heterocycles. The van der Waals surface area contributed by atoms with E-state index in [0.29, 0.717) is 29.6 Å². The molecule has 0 radical (unpaired) electrons. The number of hydrogen-bond acceptors (Lipinski definition) is 5. The lowest BCUT2D eigenvalue weighted by molar-refractivity contribution is -0.249. The van der Waals surface area contributed by atoms with Gasteiger partial charge in [0.1, 0.15) is 6.10 Å². The van der Waals surface area contributed by atoms with Crippen LogP contribution in [-0.2, 0) is 19.1 Å². The minimum absolute atomic E-state index is 0. The van der Waals surface area contributed by atoms with E-state index in [1.165, 1.54) is 12.0 Å². The molecule has 5 saturated carbocycles. The van der Waals surface area contributed by atoms with Crippen LogP contribution in [0.1, 0.15) is 152 Å². The van der Waals surface area contributed by atoms with Crippen molar-refractivity contribution in [2.24, 2.45) is 62.1 Å². The number of amides is 1. The third-order valence-electron chi connectivity index (χ3n) is 16.4. The number of aliphatic carboxylic acids is 1. The van der Waals surface area contributed by atoms with Gasteiger partial charge in [0.15, 0.2) is 0 Å². The van der Waals surface area contributed by atoms with E-state index in [1.807, 2.05) is 18.2 Å². The number of carbonyl (C=O) groups excluding carboxylic acids is 2. The molecule has 1 aromatic heterocycles. The van der Waals surface area contributed by atoms with Gasteiger partial charge in [-0.05, 0) is 150 Å². The number of carbonyl (C=O) groups is 3. The fourth-order valence-electron chi connectivity index (χ4n) is 13.4.